The minimum atomic E-state index is -0.0992. The van der Waals surface area contributed by atoms with E-state index in [-0.39, 0.29) is 11.8 Å². The second-order valence-electron chi connectivity index (χ2n) is 4.05. The summed E-state index contributed by atoms with van der Waals surface area (Å²) in [5, 5.41) is 11.5. The smallest absolute Gasteiger partial charge is 0.224 e. The lowest BCUT2D eigenvalue weighted by atomic mass is 10.1. The molecular weight excluding hydrogens is 228 g/mol. The zero-order valence-electron chi connectivity index (χ0n) is 10.8. The quantitative estimate of drug-likeness (QED) is 0.839. The van der Waals surface area contributed by atoms with Crippen LogP contribution in [0.1, 0.15) is 26.7 Å². The number of hydrogen-bond donors (Lipinski definition) is 1. The molecule has 0 saturated carbocycles. The van der Waals surface area contributed by atoms with Gasteiger partial charge in [-0.2, -0.15) is 5.26 Å². The van der Waals surface area contributed by atoms with Crippen LogP contribution in [0.4, 0.5) is 5.69 Å². The van der Waals surface area contributed by atoms with Gasteiger partial charge in [-0.05, 0) is 32.4 Å². The van der Waals surface area contributed by atoms with Crippen molar-refractivity contribution in [3.8, 4) is 11.8 Å². The third kappa shape index (κ3) is 4.46. The van der Waals surface area contributed by atoms with Crippen molar-refractivity contribution >= 4 is 11.6 Å². The molecule has 1 rings (SSSR count). The number of para-hydroxylation sites is 2. The van der Waals surface area contributed by atoms with Crippen LogP contribution in [0.15, 0.2) is 24.3 Å². The van der Waals surface area contributed by atoms with Gasteiger partial charge in [-0.15, -0.1) is 0 Å². The number of nitrogens with zero attached hydrogens (tertiary/aromatic N) is 1. The van der Waals surface area contributed by atoms with Crippen molar-refractivity contribution in [2.45, 2.75) is 26.7 Å². The minimum absolute atomic E-state index is 0.0933. The van der Waals surface area contributed by atoms with Crippen LogP contribution in [-0.4, -0.2) is 12.5 Å². The van der Waals surface area contributed by atoms with Crippen LogP contribution in [0, 0.1) is 17.2 Å². The summed E-state index contributed by atoms with van der Waals surface area (Å²) in [6.45, 7) is 4.26. The second kappa shape index (κ2) is 7.33. The first-order valence-corrected chi connectivity index (χ1v) is 6.08. The van der Waals surface area contributed by atoms with Crippen molar-refractivity contribution in [2.24, 2.45) is 5.92 Å². The molecule has 0 fully saturated rings. The van der Waals surface area contributed by atoms with Crippen LogP contribution in [0.3, 0.4) is 0 Å². The molecule has 18 heavy (non-hydrogen) atoms. The number of benzene rings is 1. The van der Waals surface area contributed by atoms with E-state index in [1.165, 1.54) is 0 Å². The molecule has 0 heterocycles. The number of amides is 1. The van der Waals surface area contributed by atoms with E-state index in [0.717, 1.165) is 0 Å². The van der Waals surface area contributed by atoms with E-state index < -0.39 is 0 Å². The number of ether oxygens (including phenoxy) is 1. The van der Waals surface area contributed by atoms with Crippen LogP contribution in [0.25, 0.3) is 0 Å². The number of nitriles is 1. The van der Waals surface area contributed by atoms with E-state index in [1.807, 2.05) is 25.1 Å². The molecule has 4 nitrogen and oxygen atoms in total. The van der Waals surface area contributed by atoms with Crippen molar-refractivity contribution in [2.75, 3.05) is 11.9 Å². The molecule has 1 aromatic rings. The lowest BCUT2D eigenvalue weighted by molar-refractivity contribution is -0.116. The average Bonchev–Trinajstić information content (AvgIpc) is 2.38. The summed E-state index contributed by atoms with van der Waals surface area (Å²) >= 11 is 0. The SMILES string of the molecule is CCOc1ccccc1NC(=O)CCC(C)C#N. The predicted molar refractivity (Wildman–Crippen MR) is 70.3 cm³/mol. The zero-order valence-corrected chi connectivity index (χ0v) is 10.8. The van der Waals surface area contributed by atoms with E-state index in [1.54, 1.807) is 13.0 Å². The highest BCUT2D eigenvalue weighted by atomic mass is 16.5. The third-order valence-electron chi connectivity index (χ3n) is 2.49. The van der Waals surface area contributed by atoms with E-state index in [9.17, 15) is 4.79 Å². The van der Waals surface area contributed by atoms with E-state index >= 15 is 0 Å². The molecule has 4 heteroatoms. The highest BCUT2D eigenvalue weighted by Crippen LogP contribution is 2.23. The average molecular weight is 246 g/mol. The van der Waals surface area contributed by atoms with Crippen LogP contribution in [0.2, 0.25) is 0 Å². The lowest BCUT2D eigenvalue weighted by Gasteiger charge is -2.11. The number of carbonyl (C=O) groups excluding carboxylic acids is 1. The predicted octanol–water partition coefficient (Wildman–Crippen LogP) is 2.96. The van der Waals surface area contributed by atoms with Gasteiger partial charge in [0.1, 0.15) is 5.75 Å². The molecule has 0 aliphatic rings. The van der Waals surface area contributed by atoms with E-state index in [2.05, 4.69) is 11.4 Å². The summed E-state index contributed by atoms with van der Waals surface area (Å²) in [4.78, 5) is 11.7. The normalized spacial score (nSPS) is 11.4. The van der Waals surface area contributed by atoms with Gasteiger partial charge in [-0.25, -0.2) is 0 Å². The Labute approximate surface area is 108 Å². The maximum absolute atomic E-state index is 11.7. The summed E-state index contributed by atoms with van der Waals surface area (Å²) in [6.07, 6.45) is 0.911. The summed E-state index contributed by atoms with van der Waals surface area (Å²) in [6, 6.07) is 9.43. The molecular formula is C14H18N2O2. The van der Waals surface area contributed by atoms with Gasteiger partial charge in [0.2, 0.25) is 5.91 Å². The highest BCUT2D eigenvalue weighted by Gasteiger charge is 2.09. The number of nitrogens with one attached hydrogen (secondary N) is 1. The van der Waals surface area contributed by atoms with Gasteiger partial charge in [0, 0.05) is 12.3 Å². The van der Waals surface area contributed by atoms with Crippen LogP contribution in [-0.2, 0) is 4.79 Å². The Morgan fingerprint density at radius 1 is 1.50 bits per heavy atom. The fraction of sp³-hybridized carbons (Fsp3) is 0.429. The van der Waals surface area contributed by atoms with Gasteiger partial charge >= 0.3 is 0 Å². The molecule has 1 N–H and O–H groups in total. The van der Waals surface area contributed by atoms with Crippen LogP contribution < -0.4 is 10.1 Å². The van der Waals surface area contributed by atoms with Crippen molar-refractivity contribution in [1.29, 1.82) is 5.26 Å². The molecule has 1 unspecified atom stereocenters. The Bertz CT molecular complexity index is 438. The Hall–Kier alpha value is -2.02. The molecule has 0 aliphatic heterocycles. The first-order valence-electron chi connectivity index (χ1n) is 6.08. The van der Waals surface area contributed by atoms with Crippen LogP contribution in [0.5, 0.6) is 5.75 Å². The number of rotatable bonds is 6. The maximum atomic E-state index is 11.7. The minimum Gasteiger partial charge on any atom is -0.492 e. The van der Waals surface area contributed by atoms with Gasteiger partial charge < -0.3 is 10.1 Å². The van der Waals surface area contributed by atoms with E-state index in [4.69, 9.17) is 10.00 Å². The molecule has 0 saturated heterocycles. The Morgan fingerprint density at radius 3 is 2.89 bits per heavy atom. The Kier molecular flexibility index (Phi) is 5.72. The molecule has 0 bridgehead atoms. The summed E-state index contributed by atoms with van der Waals surface area (Å²) in [7, 11) is 0. The van der Waals surface area contributed by atoms with Crippen molar-refractivity contribution < 1.29 is 9.53 Å². The Balaban J connectivity index is 2.56. The number of hydrogen-bond acceptors (Lipinski definition) is 3. The van der Waals surface area contributed by atoms with Crippen molar-refractivity contribution in [1.82, 2.24) is 0 Å². The monoisotopic (exact) mass is 246 g/mol. The van der Waals surface area contributed by atoms with Gasteiger partial charge in [0.25, 0.3) is 0 Å². The van der Waals surface area contributed by atoms with Crippen molar-refractivity contribution in [3.63, 3.8) is 0 Å². The van der Waals surface area contributed by atoms with E-state index in [0.29, 0.717) is 30.9 Å². The van der Waals surface area contributed by atoms with Gasteiger partial charge in [-0.1, -0.05) is 12.1 Å². The Morgan fingerprint density at radius 2 is 2.22 bits per heavy atom. The summed E-state index contributed by atoms with van der Waals surface area (Å²) < 4.78 is 5.42. The number of carbonyl (C=O) groups is 1. The lowest BCUT2D eigenvalue weighted by Crippen LogP contribution is -2.13. The molecule has 1 atom stereocenters. The van der Waals surface area contributed by atoms with Crippen molar-refractivity contribution in [3.05, 3.63) is 24.3 Å². The fourth-order valence-corrected chi connectivity index (χ4v) is 1.48. The summed E-state index contributed by atoms with van der Waals surface area (Å²) in [5.74, 6) is 0.476. The zero-order chi connectivity index (χ0) is 13.4. The van der Waals surface area contributed by atoms with Gasteiger partial charge in [0.05, 0.1) is 18.4 Å². The fourth-order valence-electron chi connectivity index (χ4n) is 1.48. The van der Waals surface area contributed by atoms with Crippen LogP contribution >= 0.6 is 0 Å². The molecule has 0 aliphatic carbocycles. The summed E-state index contributed by atoms with van der Waals surface area (Å²) in [5.41, 5.74) is 0.675. The topological polar surface area (TPSA) is 62.1 Å². The second-order valence-corrected chi connectivity index (χ2v) is 4.05. The standard InChI is InChI=1S/C14H18N2O2/c1-3-18-13-7-5-4-6-12(13)16-14(17)9-8-11(2)10-15/h4-7,11H,3,8-9H2,1-2H3,(H,16,17). The molecule has 96 valence electrons. The van der Waals surface area contributed by atoms with Gasteiger partial charge in [0.15, 0.2) is 0 Å². The first-order chi connectivity index (χ1) is 8.67. The molecule has 1 aromatic carbocycles. The largest absolute Gasteiger partial charge is 0.492 e. The van der Waals surface area contributed by atoms with Gasteiger partial charge in [-0.3, -0.25) is 4.79 Å². The molecule has 0 spiro atoms. The molecule has 0 aromatic heterocycles. The first kappa shape index (κ1) is 14.0. The highest BCUT2D eigenvalue weighted by molar-refractivity contribution is 5.92. The molecule has 0 radical (unpaired) electrons. The maximum Gasteiger partial charge on any atom is 0.224 e. The third-order valence-corrected chi connectivity index (χ3v) is 2.49. The number of anilines is 1. The molecule has 1 amide bonds.